The van der Waals surface area contributed by atoms with Gasteiger partial charge >= 0.3 is 0 Å². The predicted octanol–water partition coefficient (Wildman–Crippen LogP) is -0.285. The Hall–Kier alpha value is -2.22. The summed E-state index contributed by atoms with van der Waals surface area (Å²) in [7, 11) is -3.08. The summed E-state index contributed by atoms with van der Waals surface area (Å²) in [6, 6.07) is 6.19. The molecule has 1 saturated heterocycles. The van der Waals surface area contributed by atoms with E-state index >= 15 is 0 Å². The van der Waals surface area contributed by atoms with Gasteiger partial charge in [-0.2, -0.15) is 0 Å². The van der Waals surface area contributed by atoms with Crippen LogP contribution in [0.5, 0.6) is 0 Å². The van der Waals surface area contributed by atoms with Crippen molar-refractivity contribution in [3.8, 4) is 0 Å². The fourth-order valence-electron chi connectivity index (χ4n) is 2.51. The van der Waals surface area contributed by atoms with Gasteiger partial charge in [0.15, 0.2) is 9.84 Å². The van der Waals surface area contributed by atoms with Crippen molar-refractivity contribution in [2.45, 2.75) is 12.3 Å². The zero-order valence-corrected chi connectivity index (χ0v) is 13.3. The molecule has 1 atom stereocenters. The second-order valence-corrected chi connectivity index (χ2v) is 7.72. The number of amides is 2. The molecule has 0 bridgehead atoms. The first-order valence-electron chi connectivity index (χ1n) is 7.16. The lowest BCUT2D eigenvalue weighted by atomic mass is 9.93. The van der Waals surface area contributed by atoms with E-state index in [-0.39, 0.29) is 36.9 Å². The van der Waals surface area contributed by atoms with Crippen LogP contribution in [-0.4, -0.2) is 56.0 Å². The number of hydrogen-bond acceptors (Lipinski definition) is 5. The molecule has 0 unspecified atom stereocenters. The van der Waals surface area contributed by atoms with Crippen molar-refractivity contribution in [3.63, 3.8) is 0 Å². The van der Waals surface area contributed by atoms with Crippen LogP contribution in [0.25, 0.3) is 0 Å². The van der Waals surface area contributed by atoms with Gasteiger partial charge in [0.1, 0.15) is 6.29 Å². The maximum atomic E-state index is 12.6. The summed E-state index contributed by atoms with van der Waals surface area (Å²) in [4.78, 5) is 36.1. The van der Waals surface area contributed by atoms with Crippen LogP contribution in [0, 0.1) is 0 Å². The molecule has 0 spiro atoms. The van der Waals surface area contributed by atoms with Crippen molar-refractivity contribution in [2.24, 2.45) is 5.73 Å². The van der Waals surface area contributed by atoms with Gasteiger partial charge in [-0.15, -0.1) is 0 Å². The largest absolute Gasteiger partial charge is 0.366 e. The number of carbonyl (C=O) groups is 3. The topological polar surface area (TPSA) is 115 Å². The van der Waals surface area contributed by atoms with Crippen molar-refractivity contribution in [1.82, 2.24) is 4.90 Å². The van der Waals surface area contributed by atoms with Crippen molar-refractivity contribution >= 4 is 27.9 Å². The van der Waals surface area contributed by atoms with E-state index in [4.69, 9.17) is 5.73 Å². The maximum absolute atomic E-state index is 12.6. The quantitative estimate of drug-likeness (QED) is 0.741. The van der Waals surface area contributed by atoms with Crippen molar-refractivity contribution in [1.29, 1.82) is 0 Å². The minimum Gasteiger partial charge on any atom is -0.366 e. The third-order valence-corrected chi connectivity index (χ3v) is 5.49. The highest BCUT2D eigenvalue weighted by molar-refractivity contribution is 7.91. The molecule has 8 heteroatoms. The lowest BCUT2D eigenvalue weighted by Gasteiger charge is -2.30. The van der Waals surface area contributed by atoms with Crippen LogP contribution in [0.4, 0.5) is 0 Å². The summed E-state index contributed by atoms with van der Waals surface area (Å²) in [6.07, 6.45) is 0.656. The van der Waals surface area contributed by atoms with Crippen molar-refractivity contribution in [3.05, 3.63) is 35.4 Å². The maximum Gasteiger partial charge on any atom is 0.248 e. The first-order valence-corrected chi connectivity index (χ1v) is 8.99. The molecule has 124 valence electrons. The highest BCUT2D eigenvalue weighted by Crippen LogP contribution is 2.23. The summed E-state index contributed by atoms with van der Waals surface area (Å²) >= 11 is 0. The van der Waals surface area contributed by atoms with Crippen LogP contribution < -0.4 is 5.73 Å². The van der Waals surface area contributed by atoms with Crippen LogP contribution in [0.15, 0.2) is 24.3 Å². The average Bonchev–Trinajstić information content (AvgIpc) is 2.52. The number of nitrogens with zero attached hydrogens (tertiary/aromatic N) is 1. The highest BCUT2D eigenvalue weighted by atomic mass is 32.2. The molecule has 2 amide bonds. The molecule has 1 heterocycles. The van der Waals surface area contributed by atoms with Crippen molar-refractivity contribution < 1.29 is 22.8 Å². The van der Waals surface area contributed by atoms with E-state index in [1.807, 2.05) is 0 Å². The van der Waals surface area contributed by atoms with Gasteiger partial charge < -0.3 is 15.4 Å². The van der Waals surface area contributed by atoms with Gasteiger partial charge in [-0.3, -0.25) is 9.59 Å². The Morgan fingerprint density at radius 2 is 1.74 bits per heavy atom. The number of rotatable bonds is 5. The molecule has 2 rings (SSSR count). The molecule has 0 saturated carbocycles. The molecule has 23 heavy (non-hydrogen) atoms. The molecule has 1 aromatic carbocycles. The second-order valence-electron chi connectivity index (χ2n) is 5.42. The van der Waals surface area contributed by atoms with Gasteiger partial charge in [0.25, 0.3) is 0 Å². The van der Waals surface area contributed by atoms with E-state index in [2.05, 4.69) is 0 Å². The molecule has 1 aliphatic rings. The SMILES string of the molecule is NC(=O)c1ccc([C@H](CC=O)C(=O)N2CCS(=O)(=O)CC2)cc1. The van der Waals surface area contributed by atoms with E-state index < -0.39 is 21.7 Å². The minimum atomic E-state index is -3.08. The van der Waals surface area contributed by atoms with Crippen LogP contribution in [0.1, 0.15) is 28.3 Å². The number of nitrogens with two attached hydrogens (primary N) is 1. The summed E-state index contributed by atoms with van der Waals surface area (Å²) in [5.41, 5.74) is 6.09. The number of hydrogen-bond donors (Lipinski definition) is 1. The van der Waals surface area contributed by atoms with Crippen LogP contribution in [-0.2, 0) is 19.4 Å². The minimum absolute atomic E-state index is 0.00198. The summed E-state index contributed by atoms with van der Waals surface area (Å²) in [5, 5.41) is 0. The molecule has 0 radical (unpaired) electrons. The molecule has 0 aliphatic carbocycles. The Bertz CT molecular complexity index is 698. The summed E-state index contributed by atoms with van der Waals surface area (Å²) in [5.74, 6) is -1.66. The number of benzene rings is 1. The van der Waals surface area contributed by atoms with E-state index in [0.29, 0.717) is 17.4 Å². The second kappa shape index (κ2) is 6.91. The van der Waals surface area contributed by atoms with Gasteiger partial charge in [0.05, 0.1) is 17.4 Å². The lowest BCUT2D eigenvalue weighted by Crippen LogP contribution is -2.45. The van der Waals surface area contributed by atoms with E-state index in [9.17, 15) is 22.8 Å². The number of carbonyl (C=O) groups excluding carboxylic acids is 3. The molecule has 2 N–H and O–H groups in total. The van der Waals surface area contributed by atoms with E-state index in [0.717, 1.165) is 0 Å². The average molecular weight is 338 g/mol. The van der Waals surface area contributed by atoms with Crippen LogP contribution in [0.3, 0.4) is 0 Å². The lowest BCUT2D eigenvalue weighted by molar-refractivity contribution is -0.133. The normalized spacial score (nSPS) is 18.2. The van der Waals surface area contributed by atoms with Gasteiger partial charge in [-0.05, 0) is 17.7 Å². The zero-order chi connectivity index (χ0) is 17.0. The molecule has 0 aromatic heterocycles. The Kier molecular flexibility index (Phi) is 5.15. The number of primary amides is 1. The molecular weight excluding hydrogens is 320 g/mol. The van der Waals surface area contributed by atoms with Crippen LogP contribution >= 0.6 is 0 Å². The molecule has 7 nitrogen and oxygen atoms in total. The van der Waals surface area contributed by atoms with E-state index in [1.54, 1.807) is 12.1 Å². The Morgan fingerprint density at radius 1 is 1.17 bits per heavy atom. The first-order chi connectivity index (χ1) is 10.8. The standard InChI is InChI=1S/C15H18N2O5S/c16-14(19)12-3-1-11(2-4-12)13(5-8-18)15(20)17-6-9-23(21,22)10-7-17/h1-4,8,13H,5-7,9-10H2,(H2,16,19)/t13-/m0/s1. The first kappa shape index (κ1) is 17.1. The van der Waals surface area contributed by atoms with Crippen LogP contribution in [0.2, 0.25) is 0 Å². The number of sulfone groups is 1. The highest BCUT2D eigenvalue weighted by Gasteiger charge is 2.30. The summed E-state index contributed by atoms with van der Waals surface area (Å²) in [6.45, 7) is 0.270. The number of aldehydes is 1. The molecular formula is C15H18N2O5S. The molecule has 1 fully saturated rings. The Labute approximate surface area is 134 Å². The fourth-order valence-corrected chi connectivity index (χ4v) is 3.71. The van der Waals surface area contributed by atoms with Gasteiger partial charge in [-0.25, -0.2) is 8.42 Å². The smallest absolute Gasteiger partial charge is 0.248 e. The monoisotopic (exact) mass is 338 g/mol. The Balaban J connectivity index is 2.18. The summed E-state index contributed by atoms with van der Waals surface area (Å²) < 4.78 is 22.9. The van der Waals surface area contributed by atoms with Gasteiger partial charge in [-0.1, -0.05) is 12.1 Å². The van der Waals surface area contributed by atoms with Gasteiger partial charge in [0, 0.05) is 25.1 Å². The van der Waals surface area contributed by atoms with Gasteiger partial charge in [0.2, 0.25) is 11.8 Å². The Morgan fingerprint density at radius 3 is 2.22 bits per heavy atom. The van der Waals surface area contributed by atoms with E-state index in [1.165, 1.54) is 17.0 Å². The van der Waals surface area contributed by atoms with Crippen molar-refractivity contribution in [2.75, 3.05) is 24.6 Å². The third-order valence-electron chi connectivity index (χ3n) is 3.88. The molecule has 1 aromatic rings. The zero-order valence-electron chi connectivity index (χ0n) is 12.5. The third kappa shape index (κ3) is 4.16. The molecule has 1 aliphatic heterocycles. The predicted molar refractivity (Wildman–Crippen MR) is 83.6 cm³/mol. The fraction of sp³-hybridized carbons (Fsp3) is 0.400.